The Morgan fingerprint density at radius 2 is 0.524 bits per heavy atom. The van der Waals surface area contributed by atoms with Crippen LogP contribution in [0.2, 0.25) is 0 Å². The number of ether oxygens (including phenoxy) is 3. The molecule has 0 aromatic heterocycles. The van der Waals surface area contributed by atoms with Crippen LogP contribution in [0.25, 0.3) is 0 Å². The SMILES string of the molecule is CCCCCCCCCCCCCCCCCCCC(=O)OC[C@H](COC(=O)CCCCCCCCC(C)C)OC(=O)CCCCCCCCCCCCCCCCCCC(C)C. The number of carbonyl (C=O) groups excluding carboxylic acids is 3. The molecular formula is C57H110O6. The number of rotatable bonds is 51. The highest BCUT2D eigenvalue weighted by atomic mass is 16.6. The highest BCUT2D eigenvalue weighted by Gasteiger charge is 2.19. The van der Waals surface area contributed by atoms with Crippen LogP contribution in [-0.4, -0.2) is 37.2 Å². The van der Waals surface area contributed by atoms with Crippen molar-refractivity contribution in [3.8, 4) is 0 Å². The fourth-order valence-corrected chi connectivity index (χ4v) is 8.70. The first-order chi connectivity index (χ1) is 30.7. The van der Waals surface area contributed by atoms with Crippen molar-refractivity contribution in [2.45, 2.75) is 323 Å². The topological polar surface area (TPSA) is 78.9 Å². The molecule has 0 aliphatic heterocycles. The fourth-order valence-electron chi connectivity index (χ4n) is 8.70. The maximum atomic E-state index is 12.8. The van der Waals surface area contributed by atoms with E-state index in [9.17, 15) is 14.4 Å². The highest BCUT2D eigenvalue weighted by Crippen LogP contribution is 2.18. The Kier molecular flexibility index (Phi) is 48.6. The first-order valence-corrected chi connectivity index (χ1v) is 28.2. The van der Waals surface area contributed by atoms with Crippen molar-refractivity contribution in [2.75, 3.05) is 13.2 Å². The van der Waals surface area contributed by atoms with Gasteiger partial charge >= 0.3 is 17.9 Å². The largest absolute Gasteiger partial charge is 0.462 e. The molecule has 6 nitrogen and oxygen atoms in total. The van der Waals surface area contributed by atoms with E-state index in [0.29, 0.717) is 19.3 Å². The first kappa shape index (κ1) is 61.4. The molecule has 0 aliphatic carbocycles. The summed E-state index contributed by atoms with van der Waals surface area (Å²) < 4.78 is 16.8. The number of carbonyl (C=O) groups is 3. The van der Waals surface area contributed by atoms with Gasteiger partial charge in [0.15, 0.2) is 6.10 Å². The van der Waals surface area contributed by atoms with Crippen LogP contribution in [0.5, 0.6) is 0 Å². The van der Waals surface area contributed by atoms with Gasteiger partial charge < -0.3 is 14.2 Å². The summed E-state index contributed by atoms with van der Waals surface area (Å²) in [4.78, 5) is 38.0. The summed E-state index contributed by atoms with van der Waals surface area (Å²) in [5.74, 6) is 0.768. The van der Waals surface area contributed by atoms with Crippen molar-refractivity contribution < 1.29 is 28.6 Å². The Balaban J connectivity index is 4.22. The Bertz CT molecular complexity index is 962. The summed E-state index contributed by atoms with van der Waals surface area (Å²) in [5.41, 5.74) is 0. The van der Waals surface area contributed by atoms with Crippen LogP contribution < -0.4 is 0 Å². The zero-order valence-corrected chi connectivity index (χ0v) is 43.2. The van der Waals surface area contributed by atoms with Gasteiger partial charge in [-0.1, -0.05) is 279 Å². The molecule has 0 heterocycles. The van der Waals surface area contributed by atoms with E-state index >= 15 is 0 Å². The predicted molar refractivity (Wildman–Crippen MR) is 270 cm³/mol. The van der Waals surface area contributed by atoms with Crippen molar-refractivity contribution in [1.29, 1.82) is 0 Å². The standard InChI is InChI=1S/C57H110O6/c1-6-7-8-9-10-11-12-13-14-15-19-22-25-28-31-37-42-47-55(58)61-50-54(51-62-56(59)48-43-38-34-33-36-41-46-53(4)5)63-57(60)49-44-39-32-29-26-23-20-17-16-18-21-24-27-30-35-40-45-52(2)3/h52-54H,6-51H2,1-5H3/t54-/m1/s1. The molecule has 0 spiro atoms. The predicted octanol–water partition coefficient (Wildman–Crippen LogP) is 18.5. The van der Waals surface area contributed by atoms with Gasteiger partial charge in [-0.3, -0.25) is 14.4 Å². The van der Waals surface area contributed by atoms with E-state index in [1.807, 2.05) is 0 Å². The molecule has 6 heteroatoms. The number of esters is 3. The fraction of sp³-hybridized carbons (Fsp3) is 0.947. The molecule has 0 aromatic carbocycles. The van der Waals surface area contributed by atoms with Gasteiger partial charge in [-0.25, -0.2) is 0 Å². The Morgan fingerprint density at radius 1 is 0.302 bits per heavy atom. The molecule has 0 aliphatic rings. The minimum atomic E-state index is -0.763. The van der Waals surface area contributed by atoms with Gasteiger partial charge in [0.1, 0.15) is 13.2 Å². The first-order valence-electron chi connectivity index (χ1n) is 28.2. The van der Waals surface area contributed by atoms with Gasteiger partial charge in [0, 0.05) is 19.3 Å². The summed E-state index contributed by atoms with van der Waals surface area (Å²) in [7, 11) is 0. The van der Waals surface area contributed by atoms with Crippen LogP contribution in [0, 0.1) is 11.8 Å². The molecule has 0 N–H and O–H groups in total. The summed E-state index contributed by atoms with van der Waals surface area (Å²) in [6.07, 6.45) is 52.5. The molecule has 0 radical (unpaired) electrons. The smallest absolute Gasteiger partial charge is 0.306 e. The third kappa shape index (κ3) is 51.3. The van der Waals surface area contributed by atoms with Crippen LogP contribution in [-0.2, 0) is 28.6 Å². The minimum Gasteiger partial charge on any atom is -0.462 e. The van der Waals surface area contributed by atoms with E-state index in [-0.39, 0.29) is 31.1 Å². The Labute approximate surface area is 393 Å². The van der Waals surface area contributed by atoms with Crippen LogP contribution in [0.15, 0.2) is 0 Å². The lowest BCUT2D eigenvalue weighted by Gasteiger charge is -2.18. The third-order valence-corrected chi connectivity index (χ3v) is 13.0. The zero-order chi connectivity index (χ0) is 46.1. The highest BCUT2D eigenvalue weighted by molar-refractivity contribution is 5.71. The van der Waals surface area contributed by atoms with E-state index in [2.05, 4.69) is 34.6 Å². The summed E-state index contributed by atoms with van der Waals surface area (Å²) >= 11 is 0. The second-order valence-electron chi connectivity index (χ2n) is 20.5. The summed E-state index contributed by atoms with van der Waals surface area (Å²) in [6.45, 7) is 11.3. The van der Waals surface area contributed by atoms with Gasteiger partial charge in [-0.15, -0.1) is 0 Å². The summed E-state index contributed by atoms with van der Waals surface area (Å²) in [5, 5.41) is 0. The maximum Gasteiger partial charge on any atom is 0.306 e. The van der Waals surface area contributed by atoms with Crippen molar-refractivity contribution >= 4 is 17.9 Å². The molecule has 63 heavy (non-hydrogen) atoms. The molecule has 0 fully saturated rings. The van der Waals surface area contributed by atoms with Gasteiger partial charge in [0.2, 0.25) is 0 Å². The van der Waals surface area contributed by atoms with Crippen LogP contribution in [0.4, 0.5) is 0 Å². The lowest BCUT2D eigenvalue weighted by atomic mass is 10.0. The normalized spacial score (nSPS) is 12.0. The number of unbranched alkanes of at least 4 members (excludes halogenated alkanes) is 36. The van der Waals surface area contributed by atoms with Crippen LogP contribution >= 0.6 is 0 Å². The van der Waals surface area contributed by atoms with E-state index in [0.717, 1.165) is 69.6 Å². The molecule has 0 rings (SSSR count). The van der Waals surface area contributed by atoms with Gasteiger partial charge in [-0.2, -0.15) is 0 Å². The molecule has 0 saturated carbocycles. The van der Waals surface area contributed by atoms with Gasteiger partial charge in [0.25, 0.3) is 0 Å². The molecular weight excluding hydrogens is 781 g/mol. The number of hydrogen-bond acceptors (Lipinski definition) is 6. The Morgan fingerprint density at radius 3 is 0.778 bits per heavy atom. The molecule has 374 valence electrons. The monoisotopic (exact) mass is 891 g/mol. The van der Waals surface area contributed by atoms with Crippen LogP contribution in [0.3, 0.4) is 0 Å². The molecule has 0 aromatic rings. The van der Waals surface area contributed by atoms with Crippen molar-refractivity contribution in [3.05, 3.63) is 0 Å². The van der Waals surface area contributed by atoms with Crippen LogP contribution in [0.1, 0.15) is 317 Å². The maximum absolute atomic E-state index is 12.8. The van der Waals surface area contributed by atoms with E-state index in [1.165, 1.54) is 205 Å². The van der Waals surface area contributed by atoms with Gasteiger partial charge in [-0.05, 0) is 31.1 Å². The third-order valence-electron chi connectivity index (χ3n) is 13.0. The molecule has 0 amide bonds. The second-order valence-corrected chi connectivity index (χ2v) is 20.5. The quantitative estimate of drug-likeness (QED) is 0.0344. The molecule has 0 bridgehead atoms. The zero-order valence-electron chi connectivity index (χ0n) is 43.2. The average Bonchev–Trinajstić information content (AvgIpc) is 3.25. The minimum absolute atomic E-state index is 0.0637. The number of hydrogen-bond donors (Lipinski definition) is 0. The van der Waals surface area contributed by atoms with E-state index in [4.69, 9.17) is 14.2 Å². The molecule has 0 saturated heterocycles. The molecule has 0 unspecified atom stereocenters. The van der Waals surface area contributed by atoms with Crippen molar-refractivity contribution in [3.63, 3.8) is 0 Å². The average molecular weight is 892 g/mol. The lowest BCUT2D eigenvalue weighted by molar-refractivity contribution is -0.167. The van der Waals surface area contributed by atoms with Gasteiger partial charge in [0.05, 0.1) is 0 Å². The van der Waals surface area contributed by atoms with Crippen molar-refractivity contribution in [2.24, 2.45) is 11.8 Å². The van der Waals surface area contributed by atoms with E-state index in [1.54, 1.807) is 0 Å². The lowest BCUT2D eigenvalue weighted by Crippen LogP contribution is -2.30. The second kappa shape index (κ2) is 49.8. The molecule has 1 atom stereocenters. The van der Waals surface area contributed by atoms with E-state index < -0.39 is 6.10 Å². The summed E-state index contributed by atoms with van der Waals surface area (Å²) in [6, 6.07) is 0. The van der Waals surface area contributed by atoms with Crippen molar-refractivity contribution in [1.82, 2.24) is 0 Å². The Hall–Kier alpha value is -1.59.